The van der Waals surface area contributed by atoms with Gasteiger partial charge in [0.05, 0.1) is 11.1 Å². The molecule has 0 saturated carbocycles. The van der Waals surface area contributed by atoms with Gasteiger partial charge in [0, 0.05) is 31.4 Å². The highest BCUT2D eigenvalue weighted by atomic mass is 16.2. The molecule has 0 aliphatic carbocycles. The molecule has 0 unspecified atom stereocenters. The zero-order valence-corrected chi connectivity index (χ0v) is 13.5. The van der Waals surface area contributed by atoms with Crippen molar-refractivity contribution >= 4 is 22.5 Å². The lowest BCUT2D eigenvalue weighted by molar-refractivity contribution is 0.102. The topological polar surface area (TPSA) is 86.0 Å². The number of aromatic nitrogens is 3. The molecule has 0 atom stereocenters. The number of pyridine rings is 1. The fourth-order valence-electron chi connectivity index (χ4n) is 2.58. The number of hydrogen-bond donors (Lipinski definition) is 1. The summed E-state index contributed by atoms with van der Waals surface area (Å²) >= 11 is 0. The maximum atomic E-state index is 12.7. The lowest BCUT2D eigenvalue weighted by Gasteiger charge is -2.10. The van der Waals surface area contributed by atoms with E-state index < -0.39 is 17.2 Å². The standard InChI is InChI=1S/C17H16N4O3/c1-10-8-12(11-6-4-5-7-13(11)18-10)15(22)19-14-9-20(2)17(24)21(3)16(14)23/h4-9H,1-3H3,(H,19,22). The zero-order valence-electron chi connectivity index (χ0n) is 13.5. The number of nitrogens with one attached hydrogen (secondary N) is 1. The van der Waals surface area contributed by atoms with E-state index in [2.05, 4.69) is 10.3 Å². The minimum atomic E-state index is -0.554. The molecular weight excluding hydrogens is 308 g/mol. The van der Waals surface area contributed by atoms with E-state index >= 15 is 0 Å². The first-order chi connectivity index (χ1) is 11.4. The van der Waals surface area contributed by atoms with Crippen LogP contribution in [0.2, 0.25) is 0 Å². The van der Waals surface area contributed by atoms with E-state index in [9.17, 15) is 14.4 Å². The van der Waals surface area contributed by atoms with Crippen LogP contribution in [0.15, 0.2) is 46.1 Å². The third kappa shape index (κ3) is 2.60. The van der Waals surface area contributed by atoms with Crippen LogP contribution < -0.4 is 16.6 Å². The summed E-state index contributed by atoms with van der Waals surface area (Å²) in [4.78, 5) is 40.9. The summed E-state index contributed by atoms with van der Waals surface area (Å²) < 4.78 is 2.19. The Hall–Kier alpha value is -3.22. The first kappa shape index (κ1) is 15.7. The summed E-state index contributed by atoms with van der Waals surface area (Å²) in [5, 5.41) is 3.29. The molecule has 1 N–H and O–H groups in total. The molecule has 0 spiro atoms. The summed E-state index contributed by atoms with van der Waals surface area (Å²) in [7, 11) is 2.88. The number of hydrogen-bond acceptors (Lipinski definition) is 4. The minimum Gasteiger partial charge on any atom is -0.316 e. The molecule has 3 rings (SSSR count). The Kier molecular flexibility index (Phi) is 3.76. The Morgan fingerprint density at radius 3 is 2.62 bits per heavy atom. The van der Waals surface area contributed by atoms with E-state index in [0.717, 1.165) is 4.57 Å². The van der Waals surface area contributed by atoms with Gasteiger partial charge in [-0.2, -0.15) is 0 Å². The maximum absolute atomic E-state index is 12.7. The van der Waals surface area contributed by atoms with E-state index in [1.54, 1.807) is 19.1 Å². The van der Waals surface area contributed by atoms with Crippen molar-refractivity contribution in [3.05, 3.63) is 68.6 Å². The average Bonchev–Trinajstić information content (AvgIpc) is 2.56. The summed E-state index contributed by atoms with van der Waals surface area (Å²) in [6.07, 6.45) is 1.32. The van der Waals surface area contributed by atoms with Crippen molar-refractivity contribution in [2.45, 2.75) is 6.92 Å². The van der Waals surface area contributed by atoms with E-state index in [-0.39, 0.29) is 5.69 Å². The quantitative estimate of drug-likeness (QED) is 0.767. The summed E-state index contributed by atoms with van der Waals surface area (Å²) in [6.45, 7) is 1.80. The number of amides is 1. The van der Waals surface area contributed by atoms with Crippen LogP contribution >= 0.6 is 0 Å². The third-order valence-electron chi connectivity index (χ3n) is 3.78. The van der Waals surface area contributed by atoms with Crippen molar-refractivity contribution in [2.75, 3.05) is 5.32 Å². The van der Waals surface area contributed by atoms with Crippen LogP contribution in [0.1, 0.15) is 16.1 Å². The van der Waals surface area contributed by atoms with Crippen LogP contribution in [0, 0.1) is 6.92 Å². The number of rotatable bonds is 2. The molecule has 2 aromatic heterocycles. The van der Waals surface area contributed by atoms with E-state index in [4.69, 9.17) is 0 Å². The van der Waals surface area contributed by atoms with Crippen molar-refractivity contribution in [2.24, 2.45) is 14.1 Å². The second-order valence-electron chi connectivity index (χ2n) is 5.58. The zero-order chi connectivity index (χ0) is 17.4. The van der Waals surface area contributed by atoms with Gasteiger partial charge in [0.2, 0.25) is 0 Å². The molecule has 24 heavy (non-hydrogen) atoms. The lowest BCUT2D eigenvalue weighted by atomic mass is 10.1. The highest BCUT2D eigenvalue weighted by Crippen LogP contribution is 2.19. The molecule has 0 aliphatic rings. The van der Waals surface area contributed by atoms with E-state index in [1.165, 1.54) is 24.9 Å². The van der Waals surface area contributed by atoms with Gasteiger partial charge in [-0.3, -0.25) is 19.1 Å². The van der Waals surface area contributed by atoms with Crippen LogP contribution in [-0.4, -0.2) is 20.0 Å². The predicted molar refractivity (Wildman–Crippen MR) is 91.4 cm³/mol. The molecule has 0 fully saturated rings. The Labute approximate surface area is 137 Å². The number of aryl methyl sites for hydroxylation is 2. The summed E-state index contributed by atoms with van der Waals surface area (Å²) in [6, 6.07) is 8.96. The van der Waals surface area contributed by atoms with E-state index in [1.807, 2.05) is 18.2 Å². The molecule has 1 amide bonds. The number of para-hydroxylation sites is 1. The molecule has 0 radical (unpaired) electrons. The Morgan fingerprint density at radius 2 is 1.88 bits per heavy atom. The van der Waals surface area contributed by atoms with Gasteiger partial charge in [-0.05, 0) is 19.1 Å². The fraction of sp³-hybridized carbons (Fsp3) is 0.176. The van der Waals surface area contributed by atoms with Crippen molar-refractivity contribution in [3.63, 3.8) is 0 Å². The smallest absolute Gasteiger partial charge is 0.316 e. The molecule has 0 bridgehead atoms. The Morgan fingerprint density at radius 1 is 1.17 bits per heavy atom. The molecular formula is C17H16N4O3. The van der Waals surface area contributed by atoms with Gasteiger partial charge in [0.1, 0.15) is 5.69 Å². The summed E-state index contributed by atoms with van der Waals surface area (Å²) in [5.74, 6) is -0.424. The van der Waals surface area contributed by atoms with Gasteiger partial charge in [0.15, 0.2) is 0 Å². The van der Waals surface area contributed by atoms with Crippen molar-refractivity contribution in [1.29, 1.82) is 0 Å². The second-order valence-corrected chi connectivity index (χ2v) is 5.58. The monoisotopic (exact) mass is 324 g/mol. The van der Waals surface area contributed by atoms with E-state index in [0.29, 0.717) is 22.2 Å². The van der Waals surface area contributed by atoms with Crippen LogP contribution in [0.4, 0.5) is 5.69 Å². The molecule has 1 aromatic carbocycles. The van der Waals surface area contributed by atoms with Gasteiger partial charge in [-0.1, -0.05) is 18.2 Å². The van der Waals surface area contributed by atoms with Gasteiger partial charge in [-0.25, -0.2) is 4.79 Å². The summed E-state index contributed by atoms with van der Waals surface area (Å²) in [5.41, 5.74) is 0.866. The van der Waals surface area contributed by atoms with Gasteiger partial charge < -0.3 is 9.88 Å². The van der Waals surface area contributed by atoms with Crippen molar-refractivity contribution in [1.82, 2.24) is 14.1 Å². The SMILES string of the molecule is Cc1cc(C(=O)Nc2cn(C)c(=O)n(C)c2=O)c2ccccc2n1. The van der Waals surface area contributed by atoms with Crippen LogP contribution in [0.25, 0.3) is 10.9 Å². The highest BCUT2D eigenvalue weighted by Gasteiger charge is 2.15. The average molecular weight is 324 g/mol. The number of benzene rings is 1. The number of fused-ring (bicyclic) bond motifs is 1. The Bertz CT molecular complexity index is 1080. The number of carbonyl (C=O) groups is 1. The minimum absolute atomic E-state index is 0.0446. The molecule has 0 saturated heterocycles. The highest BCUT2D eigenvalue weighted by molar-refractivity contribution is 6.12. The molecule has 0 aliphatic heterocycles. The first-order valence-corrected chi connectivity index (χ1v) is 7.33. The van der Waals surface area contributed by atoms with Crippen LogP contribution in [0.5, 0.6) is 0 Å². The molecule has 7 heteroatoms. The molecule has 122 valence electrons. The molecule has 2 heterocycles. The first-order valence-electron chi connectivity index (χ1n) is 7.33. The predicted octanol–water partition coefficient (Wildman–Crippen LogP) is 1.19. The van der Waals surface area contributed by atoms with Gasteiger partial charge in [0.25, 0.3) is 11.5 Å². The molecule has 7 nitrogen and oxygen atoms in total. The van der Waals surface area contributed by atoms with Crippen molar-refractivity contribution in [3.8, 4) is 0 Å². The van der Waals surface area contributed by atoms with Gasteiger partial charge >= 0.3 is 5.69 Å². The maximum Gasteiger partial charge on any atom is 0.330 e. The van der Waals surface area contributed by atoms with Crippen LogP contribution in [-0.2, 0) is 14.1 Å². The normalized spacial score (nSPS) is 10.8. The largest absolute Gasteiger partial charge is 0.330 e. The van der Waals surface area contributed by atoms with Crippen molar-refractivity contribution < 1.29 is 4.79 Å². The van der Waals surface area contributed by atoms with Crippen LogP contribution in [0.3, 0.4) is 0 Å². The number of carbonyl (C=O) groups excluding carboxylic acids is 1. The number of anilines is 1. The van der Waals surface area contributed by atoms with Gasteiger partial charge in [-0.15, -0.1) is 0 Å². The second kappa shape index (κ2) is 5.77. The third-order valence-corrected chi connectivity index (χ3v) is 3.78. The molecule has 3 aromatic rings. The Balaban J connectivity index is 2.09. The lowest BCUT2D eigenvalue weighted by Crippen LogP contribution is -2.38. The fourth-order valence-corrected chi connectivity index (χ4v) is 2.58. The number of nitrogens with zero attached hydrogens (tertiary/aromatic N) is 3.